The van der Waals surface area contributed by atoms with Gasteiger partial charge in [-0.1, -0.05) is 286 Å². The van der Waals surface area contributed by atoms with Crippen molar-refractivity contribution in [2.24, 2.45) is 17.8 Å². The van der Waals surface area contributed by atoms with Gasteiger partial charge >= 0.3 is 17.9 Å². The van der Waals surface area contributed by atoms with E-state index in [2.05, 4.69) is 41.5 Å². The molecule has 0 rings (SSSR count). The maximum Gasteiger partial charge on any atom is 0.306 e. The van der Waals surface area contributed by atoms with Crippen molar-refractivity contribution < 1.29 is 28.6 Å². The van der Waals surface area contributed by atoms with Crippen LogP contribution in [0.1, 0.15) is 324 Å². The number of rotatable bonds is 52. The molecule has 0 amide bonds. The monoisotopic (exact) mass is 919 g/mol. The van der Waals surface area contributed by atoms with Gasteiger partial charge in [0.25, 0.3) is 0 Å². The van der Waals surface area contributed by atoms with Crippen LogP contribution in [-0.2, 0) is 28.6 Å². The molecule has 0 aliphatic carbocycles. The lowest BCUT2D eigenvalue weighted by Gasteiger charge is -2.18. The average Bonchev–Trinajstić information content (AvgIpc) is 3.28. The standard InChI is InChI=1S/C59H114O6/c1-7-55(6)47-41-35-29-23-19-20-25-31-37-43-49-58(61)64-52-56(65-59(62)50-44-38-32-26-18-14-10-12-16-22-28-34-40-46-54(4)5)51-63-57(60)48-42-36-30-24-17-13-9-8-11-15-21-27-33-39-45-53(2)3/h53-56H,7-52H2,1-6H3/t55?,56-/m0/s1. The first-order valence-corrected chi connectivity index (χ1v) is 29.1. The number of esters is 3. The third-order valence-corrected chi connectivity index (χ3v) is 13.8. The molecule has 2 atom stereocenters. The molecule has 0 aromatic rings. The van der Waals surface area contributed by atoms with Crippen LogP contribution in [0.2, 0.25) is 0 Å². The molecule has 0 radical (unpaired) electrons. The molecule has 6 heteroatoms. The number of ether oxygens (including phenoxy) is 3. The molecule has 0 N–H and O–H groups in total. The number of carbonyl (C=O) groups excluding carboxylic acids is 3. The molecule has 0 bridgehead atoms. The lowest BCUT2D eigenvalue weighted by atomic mass is 9.99. The van der Waals surface area contributed by atoms with E-state index in [9.17, 15) is 14.4 Å². The molecule has 6 nitrogen and oxygen atoms in total. The Morgan fingerprint density at radius 2 is 0.538 bits per heavy atom. The fourth-order valence-corrected chi connectivity index (χ4v) is 8.97. The summed E-state index contributed by atoms with van der Waals surface area (Å²) in [5, 5.41) is 0. The summed E-state index contributed by atoms with van der Waals surface area (Å²) in [6, 6.07) is 0. The number of hydrogen-bond donors (Lipinski definition) is 0. The quantitative estimate of drug-likeness (QED) is 0.0344. The minimum atomic E-state index is -0.764. The smallest absolute Gasteiger partial charge is 0.306 e. The van der Waals surface area contributed by atoms with Crippen LogP contribution in [0.15, 0.2) is 0 Å². The summed E-state index contributed by atoms with van der Waals surface area (Å²) in [6.45, 7) is 13.8. The number of hydrogen-bond acceptors (Lipinski definition) is 6. The minimum Gasteiger partial charge on any atom is -0.462 e. The largest absolute Gasteiger partial charge is 0.462 e. The second kappa shape index (κ2) is 50.3. The Morgan fingerprint density at radius 3 is 0.800 bits per heavy atom. The van der Waals surface area contributed by atoms with Crippen LogP contribution in [0.25, 0.3) is 0 Å². The van der Waals surface area contributed by atoms with Gasteiger partial charge in [0, 0.05) is 19.3 Å². The lowest BCUT2D eigenvalue weighted by molar-refractivity contribution is -0.167. The van der Waals surface area contributed by atoms with Crippen molar-refractivity contribution in [3.8, 4) is 0 Å². The number of carbonyl (C=O) groups is 3. The van der Waals surface area contributed by atoms with Crippen LogP contribution in [0.3, 0.4) is 0 Å². The van der Waals surface area contributed by atoms with Gasteiger partial charge in [-0.05, 0) is 37.0 Å². The van der Waals surface area contributed by atoms with Crippen molar-refractivity contribution >= 4 is 17.9 Å². The van der Waals surface area contributed by atoms with E-state index in [-0.39, 0.29) is 31.1 Å². The first-order chi connectivity index (χ1) is 31.6. The summed E-state index contributed by atoms with van der Waals surface area (Å²) in [7, 11) is 0. The van der Waals surface area contributed by atoms with E-state index >= 15 is 0 Å². The lowest BCUT2D eigenvalue weighted by Crippen LogP contribution is -2.30. The summed E-state index contributed by atoms with van der Waals surface area (Å²) in [6.07, 6.45) is 52.3. The molecule has 0 aromatic heterocycles. The second-order valence-electron chi connectivity index (χ2n) is 21.5. The first-order valence-electron chi connectivity index (χ1n) is 29.1. The molecule has 0 spiro atoms. The Bertz CT molecular complexity index is 1010. The molecule has 386 valence electrons. The summed E-state index contributed by atoms with van der Waals surface area (Å²) in [5.74, 6) is 1.71. The third-order valence-electron chi connectivity index (χ3n) is 13.8. The molecule has 65 heavy (non-hydrogen) atoms. The summed E-state index contributed by atoms with van der Waals surface area (Å²) >= 11 is 0. The predicted molar refractivity (Wildman–Crippen MR) is 279 cm³/mol. The molecule has 0 saturated carbocycles. The van der Waals surface area contributed by atoms with Crippen molar-refractivity contribution in [3.63, 3.8) is 0 Å². The highest BCUT2D eigenvalue weighted by Crippen LogP contribution is 2.19. The van der Waals surface area contributed by atoms with Gasteiger partial charge in [0.05, 0.1) is 0 Å². The van der Waals surface area contributed by atoms with Gasteiger partial charge < -0.3 is 14.2 Å². The highest BCUT2D eigenvalue weighted by molar-refractivity contribution is 5.71. The topological polar surface area (TPSA) is 78.9 Å². The van der Waals surface area contributed by atoms with Crippen LogP contribution < -0.4 is 0 Å². The zero-order valence-corrected chi connectivity index (χ0v) is 44.8. The Kier molecular flexibility index (Phi) is 49.1. The van der Waals surface area contributed by atoms with E-state index < -0.39 is 6.10 Å². The maximum absolute atomic E-state index is 12.9. The Labute approximate surface area is 406 Å². The van der Waals surface area contributed by atoms with Crippen molar-refractivity contribution in [1.82, 2.24) is 0 Å². The van der Waals surface area contributed by atoms with Crippen LogP contribution >= 0.6 is 0 Å². The second-order valence-corrected chi connectivity index (χ2v) is 21.5. The van der Waals surface area contributed by atoms with Gasteiger partial charge in [-0.25, -0.2) is 0 Å². The van der Waals surface area contributed by atoms with Crippen LogP contribution in [0.5, 0.6) is 0 Å². The highest BCUT2D eigenvalue weighted by atomic mass is 16.6. The minimum absolute atomic E-state index is 0.0635. The van der Waals surface area contributed by atoms with Gasteiger partial charge in [0.2, 0.25) is 0 Å². The average molecular weight is 920 g/mol. The van der Waals surface area contributed by atoms with E-state index in [0.29, 0.717) is 19.3 Å². The van der Waals surface area contributed by atoms with E-state index in [1.54, 1.807) is 0 Å². The zero-order valence-electron chi connectivity index (χ0n) is 44.8. The molecule has 0 fully saturated rings. The van der Waals surface area contributed by atoms with Crippen molar-refractivity contribution in [1.29, 1.82) is 0 Å². The first kappa shape index (κ1) is 63.4. The summed E-state index contributed by atoms with van der Waals surface area (Å²) < 4.78 is 16.9. The van der Waals surface area contributed by atoms with Gasteiger partial charge in [-0.2, -0.15) is 0 Å². The van der Waals surface area contributed by atoms with Gasteiger partial charge in [-0.15, -0.1) is 0 Å². The summed E-state index contributed by atoms with van der Waals surface area (Å²) in [5.41, 5.74) is 0. The van der Waals surface area contributed by atoms with Crippen LogP contribution in [0.4, 0.5) is 0 Å². The van der Waals surface area contributed by atoms with Crippen molar-refractivity contribution in [2.75, 3.05) is 13.2 Å². The van der Waals surface area contributed by atoms with E-state index in [4.69, 9.17) is 14.2 Å². The number of unbranched alkanes of at least 4 members (excludes halogenated alkanes) is 34. The van der Waals surface area contributed by atoms with Crippen molar-refractivity contribution in [3.05, 3.63) is 0 Å². The molecule has 0 aliphatic rings. The highest BCUT2D eigenvalue weighted by Gasteiger charge is 2.19. The van der Waals surface area contributed by atoms with Crippen LogP contribution in [0, 0.1) is 17.8 Å². The Hall–Kier alpha value is -1.59. The fraction of sp³-hybridized carbons (Fsp3) is 0.949. The molecular weight excluding hydrogens is 805 g/mol. The molecule has 0 aliphatic heterocycles. The third kappa shape index (κ3) is 51.6. The molecule has 0 heterocycles. The Balaban J connectivity index is 4.31. The molecule has 0 saturated heterocycles. The zero-order chi connectivity index (χ0) is 47.7. The normalized spacial score (nSPS) is 12.6. The van der Waals surface area contributed by atoms with Gasteiger partial charge in [0.1, 0.15) is 13.2 Å². The SMILES string of the molecule is CCC(C)CCCCCCCCCCCCC(=O)OC[C@H](COC(=O)CCCCCCCCCCCCCCCCC(C)C)OC(=O)CCCCCCCCCCCCCCCC(C)C. The van der Waals surface area contributed by atoms with E-state index in [0.717, 1.165) is 75.5 Å². The van der Waals surface area contributed by atoms with E-state index in [1.165, 1.54) is 205 Å². The predicted octanol–water partition coefficient (Wildman–Crippen LogP) is 19.1. The van der Waals surface area contributed by atoms with Gasteiger partial charge in [0.15, 0.2) is 6.10 Å². The van der Waals surface area contributed by atoms with Crippen molar-refractivity contribution in [2.45, 2.75) is 330 Å². The summed E-state index contributed by atoms with van der Waals surface area (Å²) in [4.78, 5) is 38.2. The fourth-order valence-electron chi connectivity index (χ4n) is 8.97. The van der Waals surface area contributed by atoms with Gasteiger partial charge in [-0.3, -0.25) is 14.4 Å². The van der Waals surface area contributed by atoms with E-state index in [1.807, 2.05) is 0 Å². The molecule has 0 aromatic carbocycles. The maximum atomic E-state index is 12.9. The molecular formula is C59H114O6. The molecule has 1 unspecified atom stereocenters. The van der Waals surface area contributed by atoms with Crippen LogP contribution in [-0.4, -0.2) is 37.2 Å². The Morgan fingerprint density at radius 1 is 0.308 bits per heavy atom.